The van der Waals surface area contributed by atoms with Crippen molar-refractivity contribution < 1.29 is 19.1 Å². The van der Waals surface area contributed by atoms with Crippen LogP contribution in [0.2, 0.25) is 0 Å². The van der Waals surface area contributed by atoms with Crippen LogP contribution in [0.4, 0.5) is 0 Å². The molecule has 2 atom stereocenters. The maximum Gasteiger partial charge on any atom is 0.326 e. The van der Waals surface area contributed by atoms with Crippen molar-refractivity contribution in [1.82, 2.24) is 0 Å². The van der Waals surface area contributed by atoms with E-state index < -0.39 is 24.3 Å². The second-order valence-electron chi connectivity index (χ2n) is 3.91. The number of hydrogen-bond donors (Lipinski definition) is 1. The topological polar surface area (TPSA) is 78.6 Å². The molecule has 0 fully saturated rings. The van der Waals surface area contributed by atoms with Crippen molar-refractivity contribution in [1.29, 1.82) is 0 Å². The second kappa shape index (κ2) is 6.76. The molecule has 0 aliphatic carbocycles. The Kier molecular flexibility index (Phi) is 5.32. The van der Waals surface area contributed by atoms with Crippen LogP contribution in [-0.4, -0.2) is 24.3 Å². The van der Waals surface area contributed by atoms with Crippen molar-refractivity contribution >= 4 is 11.9 Å². The standard InChI is InChI=1S/C13H17NO4/c1-9(15)17-10(2)18-13(16)12(14)8-11-6-4-3-5-7-11/h3-7,10,12H,8,14H2,1-2H3/t10?,12-/m0/s1. The Hall–Kier alpha value is -1.88. The van der Waals surface area contributed by atoms with E-state index in [4.69, 9.17) is 10.5 Å². The van der Waals surface area contributed by atoms with Crippen LogP contribution in [0.1, 0.15) is 19.4 Å². The van der Waals surface area contributed by atoms with E-state index in [0.29, 0.717) is 6.42 Å². The van der Waals surface area contributed by atoms with E-state index in [1.165, 1.54) is 13.8 Å². The third-order valence-electron chi connectivity index (χ3n) is 2.22. The molecule has 1 aromatic carbocycles. The third kappa shape index (κ3) is 4.97. The van der Waals surface area contributed by atoms with Gasteiger partial charge in [0.2, 0.25) is 6.29 Å². The molecule has 0 bridgehead atoms. The van der Waals surface area contributed by atoms with E-state index in [9.17, 15) is 9.59 Å². The van der Waals surface area contributed by atoms with Gasteiger partial charge in [-0.15, -0.1) is 0 Å². The molecule has 0 aliphatic heterocycles. The first-order valence-corrected chi connectivity index (χ1v) is 5.66. The number of carbonyl (C=O) groups excluding carboxylic acids is 2. The van der Waals surface area contributed by atoms with Crippen LogP contribution in [0, 0.1) is 0 Å². The lowest BCUT2D eigenvalue weighted by Gasteiger charge is -2.16. The summed E-state index contributed by atoms with van der Waals surface area (Å²) < 4.78 is 9.57. The van der Waals surface area contributed by atoms with Crippen molar-refractivity contribution in [2.24, 2.45) is 5.73 Å². The monoisotopic (exact) mass is 251 g/mol. The van der Waals surface area contributed by atoms with Crippen molar-refractivity contribution in [3.05, 3.63) is 35.9 Å². The smallest absolute Gasteiger partial charge is 0.326 e. The van der Waals surface area contributed by atoms with E-state index in [0.717, 1.165) is 5.56 Å². The highest BCUT2D eigenvalue weighted by molar-refractivity contribution is 5.76. The molecule has 0 radical (unpaired) electrons. The predicted octanol–water partition coefficient (Wildman–Crippen LogP) is 1.01. The van der Waals surface area contributed by atoms with Gasteiger partial charge in [0.05, 0.1) is 0 Å². The summed E-state index contributed by atoms with van der Waals surface area (Å²) in [5, 5.41) is 0. The molecular weight excluding hydrogens is 234 g/mol. The van der Waals surface area contributed by atoms with Crippen LogP contribution in [-0.2, 0) is 25.5 Å². The second-order valence-corrected chi connectivity index (χ2v) is 3.91. The molecular formula is C13H17NO4. The average molecular weight is 251 g/mol. The molecule has 0 spiro atoms. The highest BCUT2D eigenvalue weighted by atomic mass is 16.7. The number of hydrogen-bond acceptors (Lipinski definition) is 5. The summed E-state index contributed by atoms with van der Waals surface area (Å²) in [4.78, 5) is 22.3. The minimum atomic E-state index is -0.920. The Morgan fingerprint density at radius 2 is 1.83 bits per heavy atom. The van der Waals surface area contributed by atoms with E-state index in [-0.39, 0.29) is 0 Å². The molecule has 1 rings (SSSR count). The minimum Gasteiger partial charge on any atom is -0.426 e. The molecule has 1 aromatic rings. The normalized spacial score (nSPS) is 13.5. The zero-order valence-electron chi connectivity index (χ0n) is 10.5. The van der Waals surface area contributed by atoms with Gasteiger partial charge in [0.15, 0.2) is 0 Å². The zero-order chi connectivity index (χ0) is 13.5. The summed E-state index contributed by atoms with van der Waals surface area (Å²) in [6, 6.07) is 8.61. The fourth-order valence-electron chi connectivity index (χ4n) is 1.46. The van der Waals surface area contributed by atoms with Gasteiger partial charge < -0.3 is 15.2 Å². The van der Waals surface area contributed by atoms with Crippen LogP contribution in [0.25, 0.3) is 0 Å². The molecule has 1 unspecified atom stereocenters. The molecule has 2 N–H and O–H groups in total. The molecule has 0 aliphatic rings. The molecule has 5 heteroatoms. The van der Waals surface area contributed by atoms with Gasteiger partial charge in [0.1, 0.15) is 6.04 Å². The van der Waals surface area contributed by atoms with Gasteiger partial charge in [-0.1, -0.05) is 30.3 Å². The van der Waals surface area contributed by atoms with E-state index in [1.54, 1.807) is 0 Å². The highest BCUT2D eigenvalue weighted by Crippen LogP contribution is 2.04. The fraction of sp³-hybridized carbons (Fsp3) is 0.385. The summed E-state index contributed by atoms with van der Waals surface area (Å²) in [7, 11) is 0. The van der Waals surface area contributed by atoms with E-state index in [2.05, 4.69) is 4.74 Å². The van der Waals surface area contributed by atoms with E-state index >= 15 is 0 Å². The number of benzene rings is 1. The highest BCUT2D eigenvalue weighted by Gasteiger charge is 2.19. The minimum absolute atomic E-state index is 0.381. The lowest BCUT2D eigenvalue weighted by molar-refractivity contribution is -0.183. The van der Waals surface area contributed by atoms with Crippen molar-refractivity contribution in [3.63, 3.8) is 0 Å². The third-order valence-corrected chi connectivity index (χ3v) is 2.22. The summed E-state index contributed by atoms with van der Waals surface area (Å²) in [5.41, 5.74) is 6.66. The number of rotatable bonds is 5. The lowest BCUT2D eigenvalue weighted by atomic mass is 10.1. The summed E-state index contributed by atoms with van der Waals surface area (Å²) in [6.45, 7) is 2.71. The Balaban J connectivity index is 2.44. The average Bonchev–Trinajstić information content (AvgIpc) is 2.28. The first-order valence-electron chi connectivity index (χ1n) is 5.66. The van der Waals surface area contributed by atoms with Crippen LogP contribution in [0.5, 0.6) is 0 Å². The first kappa shape index (κ1) is 14.2. The fourth-order valence-corrected chi connectivity index (χ4v) is 1.46. The van der Waals surface area contributed by atoms with Gasteiger partial charge in [-0.05, 0) is 12.0 Å². The van der Waals surface area contributed by atoms with Crippen LogP contribution < -0.4 is 5.73 Å². The Labute approximate surface area is 106 Å². The Bertz CT molecular complexity index is 405. The van der Waals surface area contributed by atoms with Gasteiger partial charge in [-0.2, -0.15) is 0 Å². The van der Waals surface area contributed by atoms with Crippen LogP contribution >= 0.6 is 0 Å². The lowest BCUT2D eigenvalue weighted by Crippen LogP contribution is -2.37. The molecule has 0 heterocycles. The zero-order valence-corrected chi connectivity index (χ0v) is 10.5. The van der Waals surface area contributed by atoms with Gasteiger partial charge >= 0.3 is 11.9 Å². The predicted molar refractivity (Wildman–Crippen MR) is 65.4 cm³/mol. The van der Waals surface area contributed by atoms with Crippen molar-refractivity contribution in [2.45, 2.75) is 32.6 Å². The summed E-state index contributed by atoms with van der Waals surface area (Å²) in [5.74, 6) is -1.10. The van der Waals surface area contributed by atoms with Crippen LogP contribution in [0.3, 0.4) is 0 Å². The molecule has 0 saturated heterocycles. The Morgan fingerprint density at radius 1 is 1.22 bits per heavy atom. The number of ether oxygens (including phenoxy) is 2. The van der Waals surface area contributed by atoms with Crippen molar-refractivity contribution in [2.75, 3.05) is 0 Å². The van der Waals surface area contributed by atoms with Crippen LogP contribution in [0.15, 0.2) is 30.3 Å². The molecule has 18 heavy (non-hydrogen) atoms. The van der Waals surface area contributed by atoms with Gasteiger partial charge in [-0.25, -0.2) is 0 Å². The molecule has 0 saturated carbocycles. The molecule has 98 valence electrons. The molecule has 0 amide bonds. The van der Waals surface area contributed by atoms with Gasteiger partial charge in [0.25, 0.3) is 0 Å². The quantitative estimate of drug-likeness (QED) is 0.624. The molecule has 0 aromatic heterocycles. The van der Waals surface area contributed by atoms with Crippen molar-refractivity contribution in [3.8, 4) is 0 Å². The number of nitrogens with two attached hydrogens (primary N) is 1. The van der Waals surface area contributed by atoms with Gasteiger partial charge in [-0.3, -0.25) is 9.59 Å². The number of carbonyl (C=O) groups is 2. The maximum absolute atomic E-state index is 11.6. The SMILES string of the molecule is CC(=O)OC(C)OC(=O)[C@@H](N)Cc1ccccc1. The Morgan fingerprint density at radius 3 is 2.39 bits per heavy atom. The molecule has 5 nitrogen and oxygen atoms in total. The summed E-state index contributed by atoms with van der Waals surface area (Å²) >= 11 is 0. The van der Waals surface area contributed by atoms with E-state index in [1.807, 2.05) is 30.3 Å². The number of esters is 2. The summed E-state index contributed by atoms with van der Waals surface area (Å²) in [6.07, 6.45) is -0.538. The maximum atomic E-state index is 11.6. The largest absolute Gasteiger partial charge is 0.426 e. The first-order chi connectivity index (χ1) is 8.49. The van der Waals surface area contributed by atoms with Gasteiger partial charge in [0, 0.05) is 13.8 Å².